The maximum atomic E-state index is 13.4. The third-order valence-corrected chi connectivity index (χ3v) is 6.61. The van der Waals surface area contributed by atoms with Crippen molar-refractivity contribution in [1.82, 2.24) is 26.3 Å². The molecule has 2 aliphatic rings. The van der Waals surface area contributed by atoms with Crippen LogP contribution in [-0.4, -0.2) is 66.0 Å². The summed E-state index contributed by atoms with van der Waals surface area (Å²) in [5.74, 6) is 2.49. The summed E-state index contributed by atoms with van der Waals surface area (Å²) in [6.45, 7) is 12.6. The molecular weight excluding hydrogens is 418 g/mol. The van der Waals surface area contributed by atoms with Gasteiger partial charge in [0.25, 0.3) is 0 Å². The van der Waals surface area contributed by atoms with Crippen molar-refractivity contribution in [2.45, 2.75) is 59.9 Å². The van der Waals surface area contributed by atoms with Crippen LogP contribution < -0.4 is 22.2 Å². The van der Waals surface area contributed by atoms with Gasteiger partial charge in [-0.15, -0.1) is 10.6 Å². The fraction of sp³-hybridized carbons (Fsp3) is 0.750. The molecule has 6 N–H and O–H groups in total. The highest BCUT2D eigenvalue weighted by Crippen LogP contribution is 2.35. The van der Waals surface area contributed by atoms with E-state index in [1.54, 1.807) is 0 Å². The number of likely N-dealkylation sites (N-methyl/N-ethyl adjacent to an activating group) is 1. The van der Waals surface area contributed by atoms with Gasteiger partial charge in [0.2, 0.25) is 5.91 Å². The molecule has 0 spiro atoms. The zero-order valence-corrected chi connectivity index (χ0v) is 21.3. The van der Waals surface area contributed by atoms with Crippen LogP contribution in [0.5, 0.6) is 0 Å². The number of nitrogens with zero attached hydrogens (tertiary/aromatic N) is 3. The molecule has 1 amide bonds. The Morgan fingerprint density at radius 2 is 2.06 bits per heavy atom. The average molecular weight is 464 g/mol. The molecule has 0 aromatic rings. The molecule has 9 nitrogen and oxygen atoms in total. The predicted molar refractivity (Wildman–Crippen MR) is 133 cm³/mol. The maximum Gasteiger partial charge on any atom is 0.240 e. The lowest BCUT2D eigenvalue weighted by Crippen LogP contribution is -2.44. The predicted octanol–water partition coefficient (Wildman–Crippen LogP) is 1.55. The SMILES string of the molecule is CC(C)C(C)C[C@@H]1C[C@@H](C)C=C(C2=NNNN2)C=C1N(C)C(=O)CN(CCCO)C[C@@H](C)N. The minimum Gasteiger partial charge on any atom is -0.396 e. The summed E-state index contributed by atoms with van der Waals surface area (Å²) in [5, 5.41) is 13.5. The van der Waals surface area contributed by atoms with E-state index in [9.17, 15) is 9.90 Å². The summed E-state index contributed by atoms with van der Waals surface area (Å²) in [6, 6.07) is -0.0413. The minimum absolute atomic E-state index is 0.0357. The Labute approximate surface area is 199 Å². The van der Waals surface area contributed by atoms with Gasteiger partial charge in [-0.05, 0) is 50.0 Å². The number of hydrogen-bond donors (Lipinski definition) is 5. The number of amides is 1. The molecule has 0 saturated heterocycles. The third-order valence-electron chi connectivity index (χ3n) is 6.61. The summed E-state index contributed by atoms with van der Waals surface area (Å²) in [5.41, 5.74) is 16.6. The number of rotatable bonds is 12. The van der Waals surface area contributed by atoms with Crippen LogP contribution >= 0.6 is 0 Å². The number of hydrazone groups is 1. The minimum atomic E-state index is -0.0413. The van der Waals surface area contributed by atoms with Crippen LogP contribution in [0.1, 0.15) is 53.9 Å². The summed E-state index contributed by atoms with van der Waals surface area (Å²) < 4.78 is 0. The lowest BCUT2D eigenvalue weighted by Gasteiger charge is -2.33. The molecule has 33 heavy (non-hydrogen) atoms. The van der Waals surface area contributed by atoms with Gasteiger partial charge in [-0.3, -0.25) is 15.1 Å². The standard InChI is InChI=1S/C24H45N7O2/c1-16(2)18(4)12-20-10-17(3)11-21(24-26-28-29-27-24)13-22(20)30(6)23(33)15-31(8-7-9-32)14-19(5)25/h11,13,16-20,28-29,32H,7-10,12,14-15,25H2,1-6H3,(H,26,27)/t17-,18?,19-,20+/m1/s1. The number of hydrazine groups is 2. The normalized spacial score (nSPS) is 22.7. The van der Waals surface area contributed by atoms with Crippen molar-refractivity contribution in [2.75, 3.05) is 33.3 Å². The van der Waals surface area contributed by atoms with Crippen molar-refractivity contribution >= 4 is 11.7 Å². The number of carbonyl (C=O) groups excluding carboxylic acids is 1. The Hall–Kier alpha value is -1.94. The number of carbonyl (C=O) groups is 1. The molecule has 0 bridgehead atoms. The van der Waals surface area contributed by atoms with Crippen molar-refractivity contribution in [3.63, 3.8) is 0 Å². The number of nitrogens with two attached hydrogens (primary N) is 1. The van der Waals surface area contributed by atoms with Crippen LogP contribution in [0.3, 0.4) is 0 Å². The van der Waals surface area contributed by atoms with E-state index in [-0.39, 0.29) is 31.0 Å². The Balaban J connectivity index is 2.30. The van der Waals surface area contributed by atoms with Crippen molar-refractivity contribution in [1.29, 1.82) is 0 Å². The highest BCUT2D eigenvalue weighted by molar-refractivity contribution is 6.01. The molecule has 0 saturated carbocycles. The van der Waals surface area contributed by atoms with Crippen LogP contribution in [0.25, 0.3) is 0 Å². The first-order valence-corrected chi connectivity index (χ1v) is 12.2. The first kappa shape index (κ1) is 27.3. The maximum absolute atomic E-state index is 13.4. The molecule has 1 unspecified atom stereocenters. The quantitative estimate of drug-likeness (QED) is 0.298. The molecule has 0 radical (unpaired) electrons. The van der Waals surface area contributed by atoms with Gasteiger partial charge in [-0.1, -0.05) is 33.8 Å². The van der Waals surface area contributed by atoms with Crippen LogP contribution in [-0.2, 0) is 4.79 Å². The third kappa shape index (κ3) is 8.41. The molecule has 4 atom stereocenters. The second-order valence-corrected chi connectivity index (χ2v) is 10.1. The number of hydrogen-bond acceptors (Lipinski definition) is 8. The summed E-state index contributed by atoms with van der Waals surface area (Å²) in [4.78, 5) is 17.3. The summed E-state index contributed by atoms with van der Waals surface area (Å²) in [6.07, 6.45) is 6.96. The molecule has 188 valence electrons. The zero-order chi connectivity index (χ0) is 24.5. The molecule has 0 fully saturated rings. The smallest absolute Gasteiger partial charge is 0.240 e. The Morgan fingerprint density at radius 3 is 2.64 bits per heavy atom. The van der Waals surface area contributed by atoms with Gasteiger partial charge >= 0.3 is 0 Å². The molecule has 1 aliphatic heterocycles. The van der Waals surface area contributed by atoms with Gasteiger partial charge in [0, 0.05) is 50.0 Å². The largest absolute Gasteiger partial charge is 0.396 e. The van der Waals surface area contributed by atoms with Gasteiger partial charge in [-0.25, -0.2) is 5.53 Å². The molecule has 2 rings (SSSR count). The lowest BCUT2D eigenvalue weighted by atomic mass is 9.82. The molecular formula is C24H45N7O2. The average Bonchev–Trinajstić information content (AvgIpc) is 3.22. The molecule has 1 heterocycles. The first-order chi connectivity index (χ1) is 15.6. The number of aliphatic hydroxyl groups is 1. The zero-order valence-electron chi connectivity index (χ0n) is 21.3. The van der Waals surface area contributed by atoms with Gasteiger partial charge in [0.1, 0.15) is 0 Å². The van der Waals surface area contributed by atoms with E-state index in [1.165, 1.54) is 0 Å². The van der Waals surface area contributed by atoms with E-state index in [0.29, 0.717) is 37.3 Å². The van der Waals surface area contributed by atoms with E-state index in [4.69, 9.17) is 5.73 Å². The number of aliphatic hydroxyl groups excluding tert-OH is 1. The van der Waals surface area contributed by atoms with Gasteiger partial charge in [-0.2, -0.15) is 0 Å². The first-order valence-electron chi connectivity index (χ1n) is 12.2. The second kappa shape index (κ2) is 13.1. The van der Waals surface area contributed by atoms with Crippen LogP contribution in [0, 0.1) is 23.7 Å². The molecule has 0 aromatic carbocycles. The summed E-state index contributed by atoms with van der Waals surface area (Å²) >= 11 is 0. The Kier molecular flexibility index (Phi) is 10.8. The lowest BCUT2D eigenvalue weighted by molar-refractivity contribution is -0.130. The van der Waals surface area contributed by atoms with Crippen LogP contribution in [0.15, 0.2) is 28.5 Å². The number of allylic oxidation sites excluding steroid dienone is 2. The fourth-order valence-electron chi connectivity index (χ4n) is 4.44. The topological polar surface area (TPSA) is 118 Å². The highest BCUT2D eigenvalue weighted by atomic mass is 16.3. The van der Waals surface area contributed by atoms with E-state index in [1.807, 2.05) is 23.8 Å². The highest BCUT2D eigenvalue weighted by Gasteiger charge is 2.30. The van der Waals surface area contributed by atoms with E-state index in [2.05, 4.69) is 61.4 Å². The van der Waals surface area contributed by atoms with Crippen molar-refractivity contribution in [3.05, 3.63) is 23.4 Å². The van der Waals surface area contributed by atoms with Gasteiger partial charge in [0.05, 0.1) is 6.54 Å². The van der Waals surface area contributed by atoms with E-state index in [0.717, 1.165) is 29.9 Å². The van der Waals surface area contributed by atoms with E-state index >= 15 is 0 Å². The van der Waals surface area contributed by atoms with Crippen LogP contribution in [0.2, 0.25) is 0 Å². The number of amidine groups is 1. The molecule has 1 aliphatic carbocycles. The Bertz CT molecular complexity index is 732. The van der Waals surface area contributed by atoms with E-state index < -0.39 is 0 Å². The molecule has 9 heteroatoms. The van der Waals surface area contributed by atoms with Gasteiger partial charge in [0.15, 0.2) is 5.84 Å². The van der Waals surface area contributed by atoms with Crippen LogP contribution in [0.4, 0.5) is 0 Å². The summed E-state index contributed by atoms with van der Waals surface area (Å²) in [7, 11) is 1.88. The van der Waals surface area contributed by atoms with Gasteiger partial charge < -0.3 is 15.7 Å². The second-order valence-electron chi connectivity index (χ2n) is 10.1. The molecule has 0 aromatic heterocycles. The van der Waals surface area contributed by atoms with Crippen molar-refractivity contribution < 1.29 is 9.90 Å². The van der Waals surface area contributed by atoms with Crippen molar-refractivity contribution in [2.24, 2.45) is 34.5 Å². The number of nitrogens with one attached hydrogen (secondary N) is 3. The fourth-order valence-corrected chi connectivity index (χ4v) is 4.44. The Morgan fingerprint density at radius 1 is 1.33 bits per heavy atom. The van der Waals surface area contributed by atoms with Crippen molar-refractivity contribution in [3.8, 4) is 0 Å². The monoisotopic (exact) mass is 463 g/mol.